The van der Waals surface area contributed by atoms with Gasteiger partial charge in [-0.1, -0.05) is 18.5 Å². The Morgan fingerprint density at radius 1 is 1.40 bits per heavy atom. The second-order valence-electron chi connectivity index (χ2n) is 4.46. The van der Waals surface area contributed by atoms with Crippen molar-refractivity contribution in [2.45, 2.75) is 26.7 Å². The molecule has 1 saturated heterocycles. The Morgan fingerprint density at radius 2 is 2.07 bits per heavy atom. The topological polar surface area (TPSA) is 16.1 Å². The van der Waals surface area contributed by atoms with Crippen molar-refractivity contribution in [3.05, 3.63) is 23.0 Å². The minimum absolute atomic E-state index is 0.585. The summed E-state index contributed by atoms with van der Waals surface area (Å²) in [7, 11) is 0. The first-order valence-electron chi connectivity index (χ1n) is 5.54. The van der Waals surface area contributed by atoms with Crippen LogP contribution in [0.2, 0.25) is 5.15 Å². The number of aromatic nitrogens is 1. The molecule has 0 aliphatic carbocycles. The Labute approximate surface area is 96.3 Å². The highest BCUT2D eigenvalue weighted by Gasteiger charge is 2.17. The van der Waals surface area contributed by atoms with Crippen LogP contribution in [-0.4, -0.2) is 18.1 Å². The van der Waals surface area contributed by atoms with E-state index < -0.39 is 0 Å². The van der Waals surface area contributed by atoms with Crippen LogP contribution >= 0.6 is 11.6 Å². The van der Waals surface area contributed by atoms with Gasteiger partial charge in [-0.2, -0.15) is 0 Å². The smallest absolute Gasteiger partial charge is 0.129 e. The fourth-order valence-electron chi connectivity index (χ4n) is 2.10. The summed E-state index contributed by atoms with van der Waals surface area (Å²) in [6, 6.07) is 1.94. The molecule has 2 nitrogen and oxygen atoms in total. The first-order chi connectivity index (χ1) is 7.16. The molecule has 1 aromatic heterocycles. The first-order valence-corrected chi connectivity index (χ1v) is 5.91. The molecular formula is C12H17ClN2. The molecule has 1 aliphatic heterocycles. The number of anilines is 1. The van der Waals surface area contributed by atoms with Crippen molar-refractivity contribution in [3.8, 4) is 0 Å². The SMILES string of the molecule is Cc1cc(Cl)ncc1N1CCC(C)CC1. The molecule has 0 atom stereocenters. The lowest BCUT2D eigenvalue weighted by atomic mass is 9.98. The predicted octanol–water partition coefficient (Wildman–Crippen LogP) is 3.28. The number of pyridine rings is 1. The minimum atomic E-state index is 0.585. The lowest BCUT2D eigenvalue weighted by Crippen LogP contribution is -2.33. The molecule has 15 heavy (non-hydrogen) atoms. The summed E-state index contributed by atoms with van der Waals surface area (Å²) in [6.45, 7) is 6.71. The van der Waals surface area contributed by atoms with E-state index in [1.54, 1.807) is 0 Å². The van der Waals surface area contributed by atoms with Gasteiger partial charge in [0.25, 0.3) is 0 Å². The van der Waals surface area contributed by atoms with Gasteiger partial charge in [0.2, 0.25) is 0 Å². The molecule has 0 spiro atoms. The van der Waals surface area contributed by atoms with Gasteiger partial charge in [-0.05, 0) is 37.3 Å². The van der Waals surface area contributed by atoms with Gasteiger partial charge in [0, 0.05) is 13.1 Å². The van der Waals surface area contributed by atoms with Gasteiger partial charge >= 0.3 is 0 Å². The van der Waals surface area contributed by atoms with Gasteiger partial charge in [0.1, 0.15) is 5.15 Å². The highest BCUT2D eigenvalue weighted by Crippen LogP contribution is 2.26. The van der Waals surface area contributed by atoms with Crippen molar-refractivity contribution in [1.29, 1.82) is 0 Å². The van der Waals surface area contributed by atoms with Crippen LogP contribution in [-0.2, 0) is 0 Å². The quantitative estimate of drug-likeness (QED) is 0.681. The van der Waals surface area contributed by atoms with E-state index in [4.69, 9.17) is 11.6 Å². The number of hydrogen-bond acceptors (Lipinski definition) is 2. The maximum atomic E-state index is 5.85. The summed E-state index contributed by atoms with van der Waals surface area (Å²) in [5.74, 6) is 0.863. The van der Waals surface area contributed by atoms with Crippen LogP contribution in [0.5, 0.6) is 0 Å². The average Bonchev–Trinajstić information content (AvgIpc) is 2.20. The predicted molar refractivity (Wildman–Crippen MR) is 64.6 cm³/mol. The van der Waals surface area contributed by atoms with Gasteiger partial charge in [0.05, 0.1) is 11.9 Å². The molecule has 2 heterocycles. The standard InChI is InChI=1S/C12H17ClN2/c1-9-3-5-15(6-4-9)11-8-14-12(13)7-10(11)2/h7-9H,3-6H2,1-2H3. The van der Waals surface area contributed by atoms with Crippen molar-refractivity contribution in [2.24, 2.45) is 5.92 Å². The van der Waals surface area contributed by atoms with Gasteiger partial charge in [-0.15, -0.1) is 0 Å². The average molecular weight is 225 g/mol. The molecule has 0 saturated carbocycles. The van der Waals surface area contributed by atoms with E-state index in [0.717, 1.165) is 19.0 Å². The third-order valence-corrected chi connectivity index (χ3v) is 3.38. The molecule has 0 radical (unpaired) electrons. The van der Waals surface area contributed by atoms with Crippen molar-refractivity contribution in [2.75, 3.05) is 18.0 Å². The van der Waals surface area contributed by atoms with E-state index in [-0.39, 0.29) is 0 Å². The highest BCUT2D eigenvalue weighted by atomic mass is 35.5. The summed E-state index contributed by atoms with van der Waals surface area (Å²) in [4.78, 5) is 6.57. The van der Waals surface area contributed by atoms with Crippen LogP contribution in [0.15, 0.2) is 12.3 Å². The first kappa shape index (κ1) is 10.7. The van der Waals surface area contributed by atoms with Gasteiger partial charge in [-0.3, -0.25) is 0 Å². The minimum Gasteiger partial charge on any atom is -0.370 e. The van der Waals surface area contributed by atoms with Gasteiger partial charge < -0.3 is 4.90 Å². The summed E-state index contributed by atoms with van der Waals surface area (Å²) in [5.41, 5.74) is 2.47. The molecule has 0 aromatic carbocycles. The molecule has 0 N–H and O–H groups in total. The number of piperidine rings is 1. The number of rotatable bonds is 1. The van der Waals surface area contributed by atoms with Crippen LogP contribution in [0.25, 0.3) is 0 Å². The zero-order chi connectivity index (χ0) is 10.8. The van der Waals surface area contributed by atoms with E-state index in [0.29, 0.717) is 5.15 Å². The molecule has 3 heteroatoms. The number of halogens is 1. The third-order valence-electron chi connectivity index (χ3n) is 3.17. The molecular weight excluding hydrogens is 208 g/mol. The van der Waals surface area contributed by atoms with Crippen LogP contribution < -0.4 is 4.90 Å². The zero-order valence-electron chi connectivity index (χ0n) is 9.33. The van der Waals surface area contributed by atoms with E-state index in [9.17, 15) is 0 Å². The van der Waals surface area contributed by atoms with Gasteiger partial charge in [0.15, 0.2) is 0 Å². The van der Waals surface area contributed by atoms with E-state index in [1.807, 2.05) is 12.3 Å². The maximum Gasteiger partial charge on any atom is 0.129 e. The van der Waals surface area contributed by atoms with Gasteiger partial charge in [-0.25, -0.2) is 4.98 Å². The fraction of sp³-hybridized carbons (Fsp3) is 0.583. The second-order valence-corrected chi connectivity index (χ2v) is 4.85. The van der Waals surface area contributed by atoms with Crippen molar-refractivity contribution in [3.63, 3.8) is 0 Å². The molecule has 1 fully saturated rings. The van der Waals surface area contributed by atoms with E-state index in [2.05, 4.69) is 23.7 Å². The molecule has 82 valence electrons. The molecule has 1 aliphatic rings. The molecule has 2 rings (SSSR count). The zero-order valence-corrected chi connectivity index (χ0v) is 10.1. The van der Waals surface area contributed by atoms with Crippen molar-refractivity contribution >= 4 is 17.3 Å². The van der Waals surface area contributed by atoms with Crippen LogP contribution in [0.3, 0.4) is 0 Å². The third kappa shape index (κ3) is 2.43. The molecule has 0 amide bonds. The molecule has 0 bridgehead atoms. The second kappa shape index (κ2) is 4.40. The number of aryl methyl sites for hydroxylation is 1. The molecule has 0 unspecified atom stereocenters. The van der Waals surface area contributed by atoms with Crippen molar-refractivity contribution in [1.82, 2.24) is 4.98 Å². The van der Waals surface area contributed by atoms with E-state index in [1.165, 1.54) is 24.1 Å². The fourth-order valence-corrected chi connectivity index (χ4v) is 2.31. The molecule has 1 aromatic rings. The van der Waals surface area contributed by atoms with Crippen LogP contribution in [0, 0.1) is 12.8 Å². The largest absolute Gasteiger partial charge is 0.370 e. The van der Waals surface area contributed by atoms with E-state index >= 15 is 0 Å². The number of hydrogen-bond donors (Lipinski definition) is 0. The Kier molecular flexibility index (Phi) is 3.15. The highest BCUT2D eigenvalue weighted by molar-refractivity contribution is 6.29. The summed E-state index contributed by atoms with van der Waals surface area (Å²) >= 11 is 5.85. The number of nitrogens with zero attached hydrogens (tertiary/aromatic N) is 2. The van der Waals surface area contributed by atoms with Crippen LogP contribution in [0.4, 0.5) is 5.69 Å². The lowest BCUT2D eigenvalue weighted by Gasteiger charge is -2.32. The lowest BCUT2D eigenvalue weighted by molar-refractivity contribution is 0.438. The van der Waals surface area contributed by atoms with Crippen LogP contribution in [0.1, 0.15) is 25.3 Å². The Hall–Kier alpha value is -0.760. The van der Waals surface area contributed by atoms with Crippen molar-refractivity contribution < 1.29 is 0 Å². The normalized spacial score (nSPS) is 18.2. The summed E-state index contributed by atoms with van der Waals surface area (Å²) in [6.07, 6.45) is 4.46. The summed E-state index contributed by atoms with van der Waals surface area (Å²) < 4.78 is 0. The monoisotopic (exact) mass is 224 g/mol. The Morgan fingerprint density at radius 3 is 2.67 bits per heavy atom. The Balaban J connectivity index is 2.15. The summed E-state index contributed by atoms with van der Waals surface area (Å²) in [5, 5.41) is 0.585. The Bertz CT molecular complexity index is 343. The maximum absolute atomic E-state index is 5.85.